The molecule has 10 nitrogen and oxygen atoms in total. The zero-order valence-corrected chi connectivity index (χ0v) is 14.1. The van der Waals surface area contributed by atoms with Crippen LogP contribution in [0, 0.1) is 0 Å². The average molecular weight is 371 g/mol. The minimum absolute atomic E-state index is 0.134. The second-order valence-corrected chi connectivity index (χ2v) is 6.25. The van der Waals surface area contributed by atoms with Crippen LogP contribution in [0.4, 0.5) is 0 Å². The topological polar surface area (TPSA) is 156 Å². The summed E-state index contributed by atoms with van der Waals surface area (Å²) in [5, 5.41) is 19.2. The number of aromatic amines is 1. The van der Waals surface area contributed by atoms with Gasteiger partial charge in [0.2, 0.25) is 5.91 Å². The molecule has 1 amide bonds. The molecular weight excluding hydrogens is 354 g/mol. The minimum Gasteiger partial charge on any atom is -0.394 e. The molecule has 3 atom stereocenters. The van der Waals surface area contributed by atoms with E-state index in [4.69, 9.17) is 10.5 Å². The van der Waals surface area contributed by atoms with Gasteiger partial charge in [-0.15, -0.1) is 0 Å². The lowest BCUT2D eigenvalue weighted by Crippen LogP contribution is -2.25. The van der Waals surface area contributed by atoms with Crippen molar-refractivity contribution in [3.8, 4) is 11.3 Å². The van der Waals surface area contributed by atoms with E-state index in [0.29, 0.717) is 16.8 Å². The average Bonchev–Trinajstić information content (AvgIpc) is 3.19. The normalized spacial score (nSPS) is 22.4. The highest BCUT2D eigenvalue weighted by Gasteiger charge is 2.36. The third-order valence-corrected chi connectivity index (χ3v) is 4.63. The molecule has 4 rings (SSSR count). The molecule has 1 aliphatic heterocycles. The number of rotatable bonds is 4. The largest absolute Gasteiger partial charge is 0.394 e. The van der Waals surface area contributed by atoms with E-state index in [-0.39, 0.29) is 24.2 Å². The predicted molar refractivity (Wildman–Crippen MR) is 93.7 cm³/mol. The maximum Gasteiger partial charge on any atom is 0.329 e. The summed E-state index contributed by atoms with van der Waals surface area (Å²) in [6.45, 7) is -0.360. The van der Waals surface area contributed by atoms with E-state index >= 15 is 0 Å². The number of carbonyl (C=O) groups is 1. The molecule has 27 heavy (non-hydrogen) atoms. The van der Waals surface area contributed by atoms with Crippen molar-refractivity contribution in [3.63, 3.8) is 0 Å². The van der Waals surface area contributed by atoms with Crippen LogP contribution in [-0.2, 0) is 4.74 Å². The van der Waals surface area contributed by atoms with Crippen molar-refractivity contribution in [2.45, 2.75) is 24.9 Å². The van der Waals surface area contributed by atoms with Crippen LogP contribution in [0.2, 0.25) is 0 Å². The Morgan fingerprint density at radius 1 is 1.37 bits per heavy atom. The Bertz CT molecular complexity index is 1080. The van der Waals surface area contributed by atoms with Gasteiger partial charge in [0.05, 0.1) is 12.7 Å². The van der Waals surface area contributed by atoms with Crippen LogP contribution in [0.5, 0.6) is 0 Å². The lowest BCUT2D eigenvalue weighted by atomic mass is 10.0. The van der Waals surface area contributed by atoms with E-state index in [1.807, 2.05) is 0 Å². The monoisotopic (exact) mass is 371 g/mol. The van der Waals surface area contributed by atoms with Gasteiger partial charge in [-0.3, -0.25) is 4.79 Å². The van der Waals surface area contributed by atoms with Gasteiger partial charge in [-0.25, -0.2) is 19.3 Å². The van der Waals surface area contributed by atoms with Gasteiger partial charge in [-0.2, -0.15) is 0 Å². The molecule has 1 fully saturated rings. The van der Waals surface area contributed by atoms with Gasteiger partial charge in [0.1, 0.15) is 29.9 Å². The van der Waals surface area contributed by atoms with Crippen LogP contribution in [0.25, 0.3) is 22.4 Å². The van der Waals surface area contributed by atoms with Crippen LogP contribution in [0.15, 0.2) is 35.4 Å². The molecular formula is C17H17N5O5. The number of aromatic nitrogens is 4. The van der Waals surface area contributed by atoms with Crippen LogP contribution < -0.4 is 11.4 Å². The van der Waals surface area contributed by atoms with Crippen LogP contribution in [0.1, 0.15) is 23.0 Å². The first-order valence-electron chi connectivity index (χ1n) is 8.30. The smallest absolute Gasteiger partial charge is 0.329 e. The molecule has 10 heteroatoms. The maximum atomic E-state index is 12.6. The summed E-state index contributed by atoms with van der Waals surface area (Å²) in [5.41, 5.74) is 6.61. The molecule has 140 valence electrons. The standard InChI is InChI=1S/C17H17N5O5/c18-15(25)9-4-2-1-3-8(9)13-14-16(20-7-19-13)22(17(26)21-14)12-5-10(24)11(6-23)27-12/h1-4,7,10-12,23-24H,5-6H2,(H2,18,25)(H,21,26)/t10-,11+,12+/m0/s1. The van der Waals surface area contributed by atoms with Crippen molar-refractivity contribution in [3.05, 3.63) is 46.6 Å². The highest BCUT2D eigenvalue weighted by atomic mass is 16.5. The number of primary amides is 1. The molecule has 3 heterocycles. The van der Waals surface area contributed by atoms with Crippen LogP contribution in [0.3, 0.4) is 0 Å². The number of aliphatic hydroxyl groups excluding tert-OH is 2. The number of fused-ring (bicyclic) bond motifs is 1. The quantitative estimate of drug-likeness (QED) is 0.483. The van der Waals surface area contributed by atoms with Crippen molar-refractivity contribution >= 4 is 17.1 Å². The van der Waals surface area contributed by atoms with E-state index in [0.717, 1.165) is 0 Å². The Morgan fingerprint density at radius 3 is 2.85 bits per heavy atom. The first-order chi connectivity index (χ1) is 13.0. The molecule has 0 spiro atoms. The molecule has 0 bridgehead atoms. The Labute approximate surface area is 152 Å². The molecule has 1 aromatic carbocycles. The Kier molecular flexibility index (Phi) is 4.22. The van der Waals surface area contributed by atoms with E-state index < -0.39 is 30.0 Å². The number of hydrogen-bond acceptors (Lipinski definition) is 7. The second kappa shape index (κ2) is 6.58. The van der Waals surface area contributed by atoms with Crippen molar-refractivity contribution in [2.24, 2.45) is 5.73 Å². The Hall–Kier alpha value is -3.08. The fraction of sp³-hybridized carbons (Fsp3) is 0.294. The predicted octanol–water partition coefficient (Wildman–Crippen LogP) is -0.474. The molecule has 0 saturated carbocycles. The summed E-state index contributed by atoms with van der Waals surface area (Å²) in [4.78, 5) is 35.4. The fourth-order valence-electron chi connectivity index (χ4n) is 3.35. The number of amides is 1. The number of ether oxygens (including phenoxy) is 1. The zero-order chi connectivity index (χ0) is 19.1. The molecule has 0 aliphatic carbocycles. The Morgan fingerprint density at radius 2 is 2.15 bits per heavy atom. The van der Waals surface area contributed by atoms with Gasteiger partial charge < -0.3 is 25.7 Å². The lowest BCUT2D eigenvalue weighted by Gasteiger charge is -2.13. The molecule has 3 aromatic rings. The third-order valence-electron chi connectivity index (χ3n) is 4.63. The fourth-order valence-corrected chi connectivity index (χ4v) is 3.35. The van der Waals surface area contributed by atoms with E-state index in [1.54, 1.807) is 24.3 Å². The second-order valence-electron chi connectivity index (χ2n) is 6.25. The van der Waals surface area contributed by atoms with Gasteiger partial charge in [0, 0.05) is 17.5 Å². The molecule has 1 saturated heterocycles. The first kappa shape index (κ1) is 17.3. The number of aliphatic hydroxyl groups is 2. The molecule has 2 aromatic heterocycles. The third kappa shape index (κ3) is 2.79. The molecule has 5 N–H and O–H groups in total. The molecule has 0 unspecified atom stereocenters. The lowest BCUT2D eigenvalue weighted by molar-refractivity contribution is -0.0441. The number of imidazole rings is 1. The number of nitrogens with two attached hydrogens (primary N) is 1. The molecule has 1 aliphatic rings. The summed E-state index contributed by atoms with van der Waals surface area (Å²) in [6.07, 6.45) is -1.05. The number of nitrogens with zero attached hydrogens (tertiary/aromatic N) is 3. The summed E-state index contributed by atoms with van der Waals surface area (Å²) in [5.74, 6) is -0.618. The van der Waals surface area contributed by atoms with Crippen LogP contribution in [-0.4, -0.2) is 54.5 Å². The minimum atomic E-state index is -0.895. The van der Waals surface area contributed by atoms with Crippen molar-refractivity contribution in [1.82, 2.24) is 19.5 Å². The highest BCUT2D eigenvalue weighted by Crippen LogP contribution is 2.32. The van der Waals surface area contributed by atoms with Crippen LogP contribution >= 0.6 is 0 Å². The first-order valence-corrected chi connectivity index (χ1v) is 8.30. The van der Waals surface area contributed by atoms with E-state index in [1.165, 1.54) is 10.9 Å². The van der Waals surface area contributed by atoms with E-state index in [2.05, 4.69) is 15.0 Å². The highest BCUT2D eigenvalue weighted by molar-refractivity contribution is 6.02. The number of nitrogens with one attached hydrogen (secondary N) is 1. The van der Waals surface area contributed by atoms with Crippen molar-refractivity contribution in [2.75, 3.05) is 6.61 Å². The van der Waals surface area contributed by atoms with Gasteiger partial charge >= 0.3 is 5.69 Å². The van der Waals surface area contributed by atoms with Gasteiger partial charge in [0.25, 0.3) is 0 Å². The van der Waals surface area contributed by atoms with Crippen molar-refractivity contribution in [1.29, 1.82) is 0 Å². The summed E-state index contributed by atoms with van der Waals surface area (Å²) in [7, 11) is 0. The van der Waals surface area contributed by atoms with Gasteiger partial charge in [-0.1, -0.05) is 18.2 Å². The number of carbonyl (C=O) groups excluding carboxylic acids is 1. The summed E-state index contributed by atoms with van der Waals surface area (Å²) >= 11 is 0. The number of benzene rings is 1. The number of H-pyrrole nitrogens is 1. The van der Waals surface area contributed by atoms with Gasteiger partial charge in [0.15, 0.2) is 5.65 Å². The van der Waals surface area contributed by atoms with Crippen molar-refractivity contribution < 1.29 is 19.7 Å². The summed E-state index contributed by atoms with van der Waals surface area (Å²) in [6, 6.07) is 6.66. The Balaban J connectivity index is 1.88. The zero-order valence-electron chi connectivity index (χ0n) is 14.1. The summed E-state index contributed by atoms with van der Waals surface area (Å²) < 4.78 is 6.84. The van der Waals surface area contributed by atoms with E-state index in [9.17, 15) is 19.8 Å². The maximum absolute atomic E-state index is 12.6. The SMILES string of the molecule is NC(=O)c1ccccc1-c1ncnc2c1[nH]c(=O)n2[C@H]1C[C@H](O)[C@@H](CO)O1. The van der Waals surface area contributed by atoms with Gasteiger partial charge in [-0.05, 0) is 6.07 Å². The number of hydrogen-bond donors (Lipinski definition) is 4. The molecule has 0 radical (unpaired) electrons.